The summed E-state index contributed by atoms with van der Waals surface area (Å²) in [5, 5.41) is 5.53. The Bertz CT molecular complexity index is 1230. The van der Waals surface area contributed by atoms with Gasteiger partial charge < -0.3 is 11.1 Å². The summed E-state index contributed by atoms with van der Waals surface area (Å²) in [5.41, 5.74) is 11.1. The molecule has 0 unspecified atom stereocenters. The number of carbonyl (C=O) groups is 1. The molecule has 1 saturated carbocycles. The van der Waals surface area contributed by atoms with Crippen LogP contribution in [0.2, 0.25) is 0 Å². The van der Waals surface area contributed by atoms with Gasteiger partial charge in [-0.1, -0.05) is 84.9 Å². The van der Waals surface area contributed by atoms with Crippen LogP contribution in [-0.4, -0.2) is 11.4 Å². The SMILES string of the molecule is N[C@]1(Cc2ccc3ccccc3c2)C[C@H]1c1ccc(NC(=O)CCc2ccccc2)cc1. The van der Waals surface area contributed by atoms with Crippen molar-refractivity contribution < 1.29 is 4.79 Å². The zero-order chi connectivity index (χ0) is 22.0. The first-order chi connectivity index (χ1) is 15.6. The summed E-state index contributed by atoms with van der Waals surface area (Å²) in [4.78, 5) is 12.3. The minimum atomic E-state index is -0.192. The maximum atomic E-state index is 12.3. The number of nitrogens with one attached hydrogen (secondary N) is 1. The third kappa shape index (κ3) is 4.58. The zero-order valence-corrected chi connectivity index (χ0v) is 18.1. The molecule has 2 atom stereocenters. The number of anilines is 1. The van der Waals surface area contributed by atoms with Crippen LogP contribution in [0.3, 0.4) is 0 Å². The standard InChI is InChI=1S/C29H28N2O/c30-29(19-22-10-12-23-8-4-5-9-25(23)18-22)20-27(29)24-13-15-26(16-14-24)31-28(32)17-11-21-6-2-1-3-7-21/h1-10,12-16,18,27H,11,17,19-20,30H2,(H,31,32)/t27-,29+/m0/s1. The summed E-state index contributed by atoms with van der Waals surface area (Å²) in [6.45, 7) is 0. The van der Waals surface area contributed by atoms with Crippen molar-refractivity contribution in [3.05, 3.63) is 114 Å². The molecule has 0 bridgehead atoms. The van der Waals surface area contributed by atoms with E-state index >= 15 is 0 Å². The van der Waals surface area contributed by atoms with Crippen molar-refractivity contribution in [1.29, 1.82) is 0 Å². The van der Waals surface area contributed by atoms with Gasteiger partial charge in [0.2, 0.25) is 5.91 Å². The molecule has 1 fully saturated rings. The number of benzene rings is 4. The number of carbonyl (C=O) groups excluding carboxylic acids is 1. The Morgan fingerprint density at radius 3 is 2.34 bits per heavy atom. The predicted octanol–water partition coefficient (Wildman–Crippen LogP) is 5.84. The third-order valence-electron chi connectivity index (χ3n) is 6.55. The number of hydrogen-bond donors (Lipinski definition) is 2. The minimum absolute atomic E-state index is 0.0394. The van der Waals surface area contributed by atoms with Gasteiger partial charge in [-0.3, -0.25) is 4.79 Å². The number of fused-ring (bicyclic) bond motifs is 1. The van der Waals surface area contributed by atoms with E-state index in [-0.39, 0.29) is 11.4 Å². The summed E-state index contributed by atoms with van der Waals surface area (Å²) >= 11 is 0. The quantitative estimate of drug-likeness (QED) is 0.395. The Balaban J connectivity index is 1.17. The first-order valence-electron chi connectivity index (χ1n) is 11.3. The lowest BCUT2D eigenvalue weighted by Gasteiger charge is -2.13. The molecule has 3 heteroatoms. The first kappa shape index (κ1) is 20.5. The van der Waals surface area contributed by atoms with Crippen molar-refractivity contribution >= 4 is 22.4 Å². The van der Waals surface area contributed by atoms with Crippen LogP contribution in [0.15, 0.2) is 97.1 Å². The van der Waals surface area contributed by atoms with Gasteiger partial charge >= 0.3 is 0 Å². The summed E-state index contributed by atoms with van der Waals surface area (Å²) in [5.74, 6) is 0.398. The van der Waals surface area contributed by atoms with E-state index in [1.165, 1.54) is 27.5 Å². The molecule has 3 N–H and O–H groups in total. The zero-order valence-electron chi connectivity index (χ0n) is 18.1. The largest absolute Gasteiger partial charge is 0.326 e. The van der Waals surface area contributed by atoms with E-state index in [9.17, 15) is 4.79 Å². The van der Waals surface area contributed by atoms with Crippen LogP contribution < -0.4 is 11.1 Å². The van der Waals surface area contributed by atoms with Gasteiger partial charge in [-0.05, 0) is 58.9 Å². The third-order valence-corrected chi connectivity index (χ3v) is 6.55. The van der Waals surface area contributed by atoms with Crippen LogP contribution in [0.1, 0.15) is 35.4 Å². The van der Waals surface area contributed by atoms with Crippen molar-refractivity contribution in [2.24, 2.45) is 5.73 Å². The van der Waals surface area contributed by atoms with Crippen molar-refractivity contribution in [2.75, 3.05) is 5.32 Å². The molecule has 1 aliphatic carbocycles. The maximum Gasteiger partial charge on any atom is 0.224 e. The Morgan fingerprint density at radius 2 is 1.56 bits per heavy atom. The van der Waals surface area contributed by atoms with Crippen LogP contribution in [0.25, 0.3) is 10.8 Å². The Labute approximate surface area is 189 Å². The van der Waals surface area contributed by atoms with Gasteiger partial charge in [0.15, 0.2) is 0 Å². The van der Waals surface area contributed by atoms with Crippen LogP contribution in [0, 0.1) is 0 Å². The van der Waals surface area contributed by atoms with E-state index < -0.39 is 0 Å². The van der Waals surface area contributed by atoms with Crippen LogP contribution in [-0.2, 0) is 17.6 Å². The van der Waals surface area contributed by atoms with E-state index in [0.717, 1.165) is 24.9 Å². The van der Waals surface area contributed by atoms with E-state index in [1.54, 1.807) is 0 Å². The lowest BCUT2D eigenvalue weighted by molar-refractivity contribution is -0.116. The van der Waals surface area contributed by atoms with Crippen molar-refractivity contribution in [1.82, 2.24) is 0 Å². The minimum Gasteiger partial charge on any atom is -0.326 e. The second-order valence-corrected chi connectivity index (χ2v) is 9.00. The average molecular weight is 421 g/mol. The number of nitrogens with two attached hydrogens (primary N) is 1. The molecule has 0 aromatic heterocycles. The van der Waals surface area contributed by atoms with E-state index in [2.05, 4.69) is 72.0 Å². The molecule has 4 aromatic carbocycles. The molecule has 0 saturated heterocycles. The average Bonchev–Trinajstić information content (AvgIpc) is 3.49. The molecule has 0 radical (unpaired) electrons. The fourth-order valence-corrected chi connectivity index (χ4v) is 4.62. The van der Waals surface area contributed by atoms with Gasteiger partial charge in [0.1, 0.15) is 0 Å². The van der Waals surface area contributed by atoms with Crippen LogP contribution in [0.5, 0.6) is 0 Å². The molecule has 4 aromatic rings. The van der Waals surface area contributed by atoms with Gasteiger partial charge in [-0.25, -0.2) is 0 Å². The van der Waals surface area contributed by atoms with Crippen molar-refractivity contribution in [3.8, 4) is 0 Å². The second kappa shape index (κ2) is 8.60. The molecule has 5 rings (SSSR count). The molecule has 1 aliphatic rings. The van der Waals surface area contributed by atoms with Crippen molar-refractivity contribution in [2.45, 2.75) is 37.1 Å². The normalized spacial score (nSPS) is 19.6. The second-order valence-electron chi connectivity index (χ2n) is 9.00. The van der Waals surface area contributed by atoms with E-state index in [1.807, 2.05) is 30.3 Å². The predicted molar refractivity (Wildman–Crippen MR) is 132 cm³/mol. The highest BCUT2D eigenvalue weighted by molar-refractivity contribution is 5.90. The van der Waals surface area contributed by atoms with Gasteiger partial charge in [-0.2, -0.15) is 0 Å². The summed E-state index contributed by atoms with van der Waals surface area (Å²) in [7, 11) is 0. The van der Waals surface area contributed by atoms with Crippen LogP contribution >= 0.6 is 0 Å². The highest BCUT2D eigenvalue weighted by atomic mass is 16.1. The molecule has 3 nitrogen and oxygen atoms in total. The molecule has 0 aliphatic heterocycles. The lowest BCUT2D eigenvalue weighted by atomic mass is 9.97. The number of hydrogen-bond acceptors (Lipinski definition) is 2. The number of amides is 1. The summed E-state index contributed by atoms with van der Waals surface area (Å²) in [6, 6.07) is 33.3. The Hall–Kier alpha value is -3.43. The Morgan fingerprint density at radius 1 is 0.844 bits per heavy atom. The number of rotatable bonds is 7. The van der Waals surface area contributed by atoms with Gasteiger partial charge in [0.25, 0.3) is 0 Å². The smallest absolute Gasteiger partial charge is 0.224 e. The molecule has 0 spiro atoms. The summed E-state index contributed by atoms with van der Waals surface area (Å²) in [6.07, 6.45) is 3.09. The molecule has 1 amide bonds. The monoisotopic (exact) mass is 420 g/mol. The highest BCUT2D eigenvalue weighted by Gasteiger charge is 2.51. The molecule has 32 heavy (non-hydrogen) atoms. The fraction of sp³-hybridized carbons (Fsp3) is 0.207. The maximum absolute atomic E-state index is 12.3. The molecule has 160 valence electrons. The van der Waals surface area contributed by atoms with Crippen molar-refractivity contribution in [3.63, 3.8) is 0 Å². The van der Waals surface area contributed by atoms with Gasteiger partial charge in [0, 0.05) is 23.6 Å². The lowest BCUT2D eigenvalue weighted by Crippen LogP contribution is -2.27. The Kier molecular flexibility index (Phi) is 5.50. The fourth-order valence-electron chi connectivity index (χ4n) is 4.62. The molecule has 0 heterocycles. The van der Waals surface area contributed by atoms with E-state index in [0.29, 0.717) is 12.3 Å². The van der Waals surface area contributed by atoms with Gasteiger partial charge in [0.05, 0.1) is 0 Å². The topological polar surface area (TPSA) is 55.1 Å². The number of aryl methyl sites for hydroxylation is 1. The van der Waals surface area contributed by atoms with E-state index in [4.69, 9.17) is 5.73 Å². The summed E-state index contributed by atoms with van der Waals surface area (Å²) < 4.78 is 0. The van der Waals surface area contributed by atoms with Gasteiger partial charge in [-0.15, -0.1) is 0 Å². The van der Waals surface area contributed by atoms with Crippen LogP contribution in [0.4, 0.5) is 5.69 Å². The first-order valence-corrected chi connectivity index (χ1v) is 11.3. The highest BCUT2D eigenvalue weighted by Crippen LogP contribution is 2.51. The molecular weight excluding hydrogens is 392 g/mol. The molecular formula is C29H28N2O.